The standard InChI is InChI=1S/C24H26FN3OS/c1-16-12-17(2)23(18(3)13-16)24(29)28-10-8-27(9-11-28)14-22-26-21(15-30-22)19-4-6-20(25)7-5-19/h4-7,12-13,15H,8-11,14H2,1-3H3. The molecule has 0 atom stereocenters. The highest BCUT2D eigenvalue weighted by Crippen LogP contribution is 2.24. The molecule has 156 valence electrons. The lowest BCUT2D eigenvalue weighted by atomic mass is 9.98. The largest absolute Gasteiger partial charge is 0.336 e. The molecule has 30 heavy (non-hydrogen) atoms. The summed E-state index contributed by atoms with van der Waals surface area (Å²) in [6.45, 7) is 9.99. The minimum absolute atomic E-state index is 0.137. The molecular formula is C24H26FN3OS. The fourth-order valence-electron chi connectivity index (χ4n) is 4.11. The van der Waals surface area contributed by atoms with Crippen molar-refractivity contribution in [1.29, 1.82) is 0 Å². The zero-order chi connectivity index (χ0) is 21.3. The van der Waals surface area contributed by atoms with E-state index in [-0.39, 0.29) is 11.7 Å². The fraction of sp³-hybridized carbons (Fsp3) is 0.333. The van der Waals surface area contributed by atoms with Gasteiger partial charge >= 0.3 is 0 Å². The number of aromatic nitrogens is 1. The van der Waals surface area contributed by atoms with Crippen molar-refractivity contribution >= 4 is 17.2 Å². The van der Waals surface area contributed by atoms with E-state index in [1.165, 1.54) is 17.7 Å². The van der Waals surface area contributed by atoms with Gasteiger partial charge in [0.15, 0.2) is 0 Å². The number of carbonyl (C=O) groups is 1. The first kappa shape index (κ1) is 20.7. The van der Waals surface area contributed by atoms with Gasteiger partial charge in [0.25, 0.3) is 5.91 Å². The van der Waals surface area contributed by atoms with Gasteiger partial charge < -0.3 is 4.90 Å². The van der Waals surface area contributed by atoms with Crippen LogP contribution in [0.15, 0.2) is 41.8 Å². The van der Waals surface area contributed by atoms with Crippen LogP contribution in [0.4, 0.5) is 4.39 Å². The second kappa shape index (κ2) is 8.66. The molecule has 0 radical (unpaired) electrons. The SMILES string of the molecule is Cc1cc(C)c(C(=O)N2CCN(Cc3nc(-c4ccc(F)cc4)cs3)CC2)c(C)c1. The number of carbonyl (C=O) groups excluding carboxylic acids is 1. The minimum Gasteiger partial charge on any atom is -0.336 e. The van der Waals surface area contributed by atoms with Gasteiger partial charge in [0.05, 0.1) is 12.2 Å². The summed E-state index contributed by atoms with van der Waals surface area (Å²) in [6, 6.07) is 10.6. The molecule has 4 nitrogen and oxygen atoms in total. The Kier molecular flexibility index (Phi) is 5.97. The number of benzene rings is 2. The molecule has 1 fully saturated rings. The minimum atomic E-state index is -0.238. The lowest BCUT2D eigenvalue weighted by Gasteiger charge is -2.34. The third-order valence-electron chi connectivity index (χ3n) is 5.60. The van der Waals surface area contributed by atoms with E-state index in [0.29, 0.717) is 0 Å². The summed E-state index contributed by atoms with van der Waals surface area (Å²) in [5.74, 6) is -0.102. The molecular weight excluding hydrogens is 397 g/mol. The number of piperazine rings is 1. The van der Waals surface area contributed by atoms with Crippen LogP contribution in [0, 0.1) is 26.6 Å². The molecule has 6 heteroatoms. The van der Waals surface area contributed by atoms with Crippen molar-refractivity contribution in [3.8, 4) is 11.3 Å². The van der Waals surface area contributed by atoms with Crippen LogP contribution in [-0.4, -0.2) is 46.9 Å². The van der Waals surface area contributed by atoms with Gasteiger partial charge in [0, 0.05) is 42.7 Å². The third-order valence-corrected chi connectivity index (χ3v) is 6.43. The maximum Gasteiger partial charge on any atom is 0.254 e. The molecule has 0 saturated carbocycles. The number of hydrogen-bond acceptors (Lipinski definition) is 4. The van der Waals surface area contributed by atoms with Crippen molar-refractivity contribution in [2.24, 2.45) is 0 Å². The molecule has 0 aliphatic carbocycles. The quantitative estimate of drug-likeness (QED) is 0.603. The first-order chi connectivity index (χ1) is 14.4. The van der Waals surface area contributed by atoms with Crippen LogP contribution in [0.5, 0.6) is 0 Å². The van der Waals surface area contributed by atoms with E-state index >= 15 is 0 Å². The predicted octanol–water partition coefficient (Wildman–Crippen LogP) is 4.83. The Bertz CT molecular complexity index is 1030. The van der Waals surface area contributed by atoms with E-state index in [2.05, 4.69) is 24.0 Å². The van der Waals surface area contributed by atoms with Crippen molar-refractivity contribution < 1.29 is 9.18 Å². The molecule has 3 aromatic rings. The summed E-state index contributed by atoms with van der Waals surface area (Å²) in [5.41, 5.74) is 5.95. The molecule has 0 bridgehead atoms. The number of halogens is 1. The highest BCUT2D eigenvalue weighted by atomic mass is 32.1. The number of thiazole rings is 1. The first-order valence-electron chi connectivity index (χ1n) is 10.2. The van der Waals surface area contributed by atoms with E-state index in [1.54, 1.807) is 23.5 Å². The van der Waals surface area contributed by atoms with Gasteiger partial charge in [0.2, 0.25) is 0 Å². The highest BCUT2D eigenvalue weighted by Gasteiger charge is 2.25. The van der Waals surface area contributed by atoms with Crippen LogP contribution < -0.4 is 0 Å². The van der Waals surface area contributed by atoms with Crippen molar-refractivity contribution in [2.45, 2.75) is 27.3 Å². The number of amides is 1. The zero-order valence-electron chi connectivity index (χ0n) is 17.6. The van der Waals surface area contributed by atoms with Crippen molar-refractivity contribution in [3.63, 3.8) is 0 Å². The fourth-order valence-corrected chi connectivity index (χ4v) is 4.96. The van der Waals surface area contributed by atoms with Crippen LogP contribution in [-0.2, 0) is 6.54 Å². The normalized spacial score (nSPS) is 14.9. The Morgan fingerprint density at radius 1 is 1.03 bits per heavy atom. The molecule has 1 aliphatic rings. The Labute approximate surface area is 181 Å². The summed E-state index contributed by atoms with van der Waals surface area (Å²) in [4.78, 5) is 22.1. The zero-order valence-corrected chi connectivity index (χ0v) is 18.4. The van der Waals surface area contributed by atoms with Gasteiger partial charge in [-0.3, -0.25) is 9.69 Å². The van der Waals surface area contributed by atoms with E-state index in [4.69, 9.17) is 4.98 Å². The van der Waals surface area contributed by atoms with E-state index < -0.39 is 0 Å². The van der Waals surface area contributed by atoms with Crippen molar-refractivity contribution in [1.82, 2.24) is 14.8 Å². The number of nitrogens with zero attached hydrogens (tertiary/aromatic N) is 3. The summed E-state index contributed by atoms with van der Waals surface area (Å²) in [7, 11) is 0. The summed E-state index contributed by atoms with van der Waals surface area (Å²) in [5, 5.41) is 3.06. The molecule has 2 heterocycles. The Morgan fingerprint density at radius 2 is 1.67 bits per heavy atom. The molecule has 2 aromatic carbocycles. The number of hydrogen-bond donors (Lipinski definition) is 0. The van der Waals surface area contributed by atoms with E-state index in [9.17, 15) is 9.18 Å². The maximum absolute atomic E-state index is 13.1. The summed E-state index contributed by atoms with van der Waals surface area (Å²) in [6.07, 6.45) is 0. The second-order valence-corrected chi connectivity index (χ2v) is 8.92. The van der Waals surface area contributed by atoms with E-state index in [1.807, 2.05) is 24.1 Å². The average Bonchev–Trinajstić information content (AvgIpc) is 3.16. The molecule has 1 aliphatic heterocycles. The summed E-state index contributed by atoms with van der Waals surface area (Å²) >= 11 is 1.62. The molecule has 0 unspecified atom stereocenters. The van der Waals surface area contributed by atoms with Gasteiger partial charge in [-0.05, 0) is 56.2 Å². The Morgan fingerprint density at radius 3 is 2.30 bits per heavy atom. The number of aryl methyl sites for hydroxylation is 3. The van der Waals surface area contributed by atoms with Crippen LogP contribution in [0.1, 0.15) is 32.1 Å². The van der Waals surface area contributed by atoms with Crippen molar-refractivity contribution in [2.75, 3.05) is 26.2 Å². The molecule has 0 spiro atoms. The molecule has 1 amide bonds. The molecule has 0 N–H and O–H groups in total. The summed E-state index contributed by atoms with van der Waals surface area (Å²) < 4.78 is 13.1. The Hall–Kier alpha value is -2.57. The maximum atomic E-state index is 13.1. The van der Waals surface area contributed by atoms with Gasteiger partial charge in [-0.2, -0.15) is 0 Å². The van der Waals surface area contributed by atoms with Crippen molar-refractivity contribution in [3.05, 3.63) is 74.9 Å². The smallest absolute Gasteiger partial charge is 0.254 e. The highest BCUT2D eigenvalue weighted by molar-refractivity contribution is 7.09. The second-order valence-electron chi connectivity index (χ2n) is 7.98. The van der Waals surface area contributed by atoms with Crippen LogP contribution in [0.2, 0.25) is 0 Å². The topological polar surface area (TPSA) is 36.4 Å². The van der Waals surface area contributed by atoms with Gasteiger partial charge in [-0.1, -0.05) is 17.7 Å². The predicted molar refractivity (Wildman–Crippen MR) is 119 cm³/mol. The van der Waals surface area contributed by atoms with Gasteiger partial charge in [-0.25, -0.2) is 9.37 Å². The Balaban J connectivity index is 1.36. The van der Waals surface area contributed by atoms with Crippen LogP contribution >= 0.6 is 11.3 Å². The molecule has 1 aromatic heterocycles. The van der Waals surface area contributed by atoms with Crippen LogP contribution in [0.25, 0.3) is 11.3 Å². The van der Waals surface area contributed by atoms with Gasteiger partial charge in [0.1, 0.15) is 10.8 Å². The molecule has 4 rings (SSSR count). The number of rotatable bonds is 4. The molecule has 1 saturated heterocycles. The first-order valence-corrected chi connectivity index (χ1v) is 11.1. The van der Waals surface area contributed by atoms with Gasteiger partial charge in [-0.15, -0.1) is 11.3 Å². The third kappa shape index (κ3) is 4.45. The van der Waals surface area contributed by atoms with E-state index in [0.717, 1.165) is 65.7 Å². The average molecular weight is 424 g/mol. The lowest BCUT2D eigenvalue weighted by molar-refractivity contribution is 0.0627. The lowest BCUT2D eigenvalue weighted by Crippen LogP contribution is -2.48. The van der Waals surface area contributed by atoms with Crippen LogP contribution in [0.3, 0.4) is 0 Å². The monoisotopic (exact) mass is 423 g/mol.